The van der Waals surface area contributed by atoms with Gasteiger partial charge in [0.1, 0.15) is 17.9 Å². The summed E-state index contributed by atoms with van der Waals surface area (Å²) in [6, 6.07) is 5.95. The van der Waals surface area contributed by atoms with Gasteiger partial charge in [0.05, 0.1) is 6.07 Å². The molecule has 0 radical (unpaired) electrons. The van der Waals surface area contributed by atoms with Gasteiger partial charge >= 0.3 is 0 Å². The third-order valence-corrected chi connectivity index (χ3v) is 6.50. The van der Waals surface area contributed by atoms with Crippen LogP contribution in [0.15, 0.2) is 24.4 Å². The van der Waals surface area contributed by atoms with Crippen molar-refractivity contribution in [2.45, 2.75) is 50.5 Å². The summed E-state index contributed by atoms with van der Waals surface area (Å²) in [5, 5.41) is 12.9. The minimum absolute atomic E-state index is 0.0377. The van der Waals surface area contributed by atoms with Gasteiger partial charge in [-0.2, -0.15) is 5.26 Å². The molecule has 7 heteroatoms. The number of fused-ring (bicyclic) bond motifs is 1. The molecular weight excluding hydrogens is 366 g/mol. The van der Waals surface area contributed by atoms with Crippen molar-refractivity contribution >= 4 is 34.2 Å². The monoisotopic (exact) mass is 389 g/mol. The highest BCUT2D eigenvalue weighted by atomic mass is 16.2. The summed E-state index contributed by atoms with van der Waals surface area (Å²) in [5.41, 5.74) is 2.81. The highest BCUT2D eigenvalue weighted by Crippen LogP contribution is 2.48. The third kappa shape index (κ3) is 3.09. The first kappa shape index (κ1) is 17.9. The van der Waals surface area contributed by atoms with Gasteiger partial charge < -0.3 is 15.2 Å². The maximum absolute atomic E-state index is 12.5. The van der Waals surface area contributed by atoms with Crippen molar-refractivity contribution in [1.29, 1.82) is 5.26 Å². The Hall–Kier alpha value is -3.14. The molecule has 2 aliphatic carbocycles. The second-order valence-corrected chi connectivity index (χ2v) is 8.38. The molecule has 0 unspecified atom stereocenters. The number of carbonyl (C=O) groups excluding carboxylic acids is 2. The number of nitrogens with zero attached hydrogens (tertiary/aromatic N) is 3. The molecule has 2 amide bonds. The summed E-state index contributed by atoms with van der Waals surface area (Å²) in [4.78, 5) is 34.3. The van der Waals surface area contributed by atoms with Crippen LogP contribution in [0, 0.1) is 17.2 Å². The lowest BCUT2D eigenvalue weighted by Crippen LogP contribution is -2.57. The Morgan fingerprint density at radius 2 is 2.21 bits per heavy atom. The Balaban J connectivity index is 1.50. The van der Waals surface area contributed by atoms with Gasteiger partial charge in [-0.15, -0.1) is 0 Å². The molecule has 2 N–H and O–H groups in total. The van der Waals surface area contributed by atoms with Crippen LogP contribution < -0.4 is 5.32 Å². The normalized spacial score (nSPS) is 20.1. The Labute approximate surface area is 168 Å². The molecule has 5 rings (SSSR count). The van der Waals surface area contributed by atoms with E-state index in [1.807, 2.05) is 29.3 Å². The SMILES string of the molecule is N#CCC(=O)N1CC=C(c2cc(NC(=O)C3CC3)nc3[nH]ccc23)CC12CCC2. The zero-order valence-corrected chi connectivity index (χ0v) is 16.2. The second kappa shape index (κ2) is 6.73. The summed E-state index contributed by atoms with van der Waals surface area (Å²) in [7, 11) is 0. The van der Waals surface area contributed by atoms with E-state index in [0.29, 0.717) is 12.4 Å². The Morgan fingerprint density at radius 3 is 2.90 bits per heavy atom. The molecule has 2 aromatic heterocycles. The zero-order chi connectivity index (χ0) is 20.0. The smallest absolute Gasteiger partial charge is 0.237 e. The maximum atomic E-state index is 12.5. The van der Waals surface area contributed by atoms with Crippen LogP contribution >= 0.6 is 0 Å². The van der Waals surface area contributed by atoms with Gasteiger partial charge in [0.2, 0.25) is 11.8 Å². The van der Waals surface area contributed by atoms with Crippen LogP contribution in [0.2, 0.25) is 0 Å². The number of anilines is 1. The molecule has 148 valence electrons. The molecule has 0 bridgehead atoms. The zero-order valence-electron chi connectivity index (χ0n) is 16.2. The van der Waals surface area contributed by atoms with Gasteiger partial charge in [-0.25, -0.2) is 4.98 Å². The van der Waals surface area contributed by atoms with E-state index in [-0.39, 0.29) is 29.7 Å². The summed E-state index contributed by atoms with van der Waals surface area (Å²) < 4.78 is 0. The number of hydrogen-bond donors (Lipinski definition) is 2. The molecule has 2 aromatic rings. The molecule has 7 nitrogen and oxygen atoms in total. The van der Waals surface area contributed by atoms with Crippen molar-refractivity contribution in [2.75, 3.05) is 11.9 Å². The van der Waals surface area contributed by atoms with Crippen LogP contribution in [0.1, 0.15) is 50.5 Å². The van der Waals surface area contributed by atoms with Crippen LogP contribution in [0.3, 0.4) is 0 Å². The molecule has 3 aliphatic rings. The van der Waals surface area contributed by atoms with Crippen molar-refractivity contribution in [1.82, 2.24) is 14.9 Å². The molecule has 29 heavy (non-hydrogen) atoms. The fourth-order valence-electron chi connectivity index (χ4n) is 4.62. The lowest BCUT2D eigenvalue weighted by molar-refractivity contribution is -0.139. The lowest BCUT2D eigenvalue weighted by atomic mass is 9.68. The lowest BCUT2D eigenvalue weighted by Gasteiger charge is -2.52. The molecule has 0 saturated heterocycles. The van der Waals surface area contributed by atoms with Crippen molar-refractivity contribution < 1.29 is 9.59 Å². The van der Waals surface area contributed by atoms with E-state index < -0.39 is 0 Å². The highest BCUT2D eigenvalue weighted by molar-refractivity contribution is 5.97. The molecule has 1 aliphatic heterocycles. The summed E-state index contributed by atoms with van der Waals surface area (Å²) in [6.07, 6.45) is 9.58. The Kier molecular flexibility index (Phi) is 4.16. The molecule has 2 saturated carbocycles. The van der Waals surface area contributed by atoms with Crippen molar-refractivity contribution in [3.63, 3.8) is 0 Å². The van der Waals surface area contributed by atoms with Gasteiger partial charge in [-0.3, -0.25) is 9.59 Å². The van der Waals surface area contributed by atoms with Gasteiger partial charge in [-0.05, 0) is 61.8 Å². The number of nitriles is 1. The highest BCUT2D eigenvalue weighted by Gasteiger charge is 2.46. The van der Waals surface area contributed by atoms with E-state index in [2.05, 4.69) is 21.4 Å². The molecular formula is C22H23N5O2. The Morgan fingerprint density at radius 1 is 1.38 bits per heavy atom. The molecule has 1 spiro atoms. The summed E-state index contributed by atoms with van der Waals surface area (Å²) >= 11 is 0. The number of rotatable bonds is 4. The minimum Gasteiger partial charge on any atom is -0.346 e. The molecule has 0 atom stereocenters. The molecule has 2 fully saturated rings. The van der Waals surface area contributed by atoms with Crippen molar-refractivity contribution in [3.8, 4) is 6.07 Å². The predicted molar refractivity (Wildman–Crippen MR) is 109 cm³/mol. The van der Waals surface area contributed by atoms with Gasteiger partial charge in [0.25, 0.3) is 0 Å². The summed E-state index contributed by atoms with van der Waals surface area (Å²) in [6.45, 7) is 0.522. The minimum atomic E-state index is -0.179. The number of pyridine rings is 1. The van der Waals surface area contributed by atoms with Crippen LogP contribution in [0.25, 0.3) is 16.6 Å². The largest absolute Gasteiger partial charge is 0.346 e. The van der Waals surface area contributed by atoms with E-state index in [1.165, 1.54) is 5.57 Å². The number of carbonyl (C=O) groups is 2. The fourth-order valence-corrected chi connectivity index (χ4v) is 4.62. The van der Waals surface area contributed by atoms with Crippen LogP contribution in [-0.4, -0.2) is 38.8 Å². The number of hydrogen-bond acceptors (Lipinski definition) is 4. The van der Waals surface area contributed by atoms with E-state index in [9.17, 15) is 9.59 Å². The topological polar surface area (TPSA) is 102 Å². The van der Waals surface area contributed by atoms with Gasteiger partial charge in [0.15, 0.2) is 0 Å². The van der Waals surface area contributed by atoms with Gasteiger partial charge in [-0.1, -0.05) is 6.08 Å². The average molecular weight is 389 g/mol. The third-order valence-electron chi connectivity index (χ3n) is 6.50. The standard InChI is InChI=1S/C22H23N5O2/c23-9-4-19(28)27-11-6-15(13-22(27)7-1-8-22)17-12-18(26-21(29)14-2-3-14)25-20-16(17)5-10-24-20/h5-6,10,12,14H,1-4,7-8,11,13H2,(H2,24,25,26,29). The summed E-state index contributed by atoms with van der Waals surface area (Å²) in [5.74, 6) is 0.641. The fraction of sp³-hybridized carbons (Fsp3) is 0.455. The van der Waals surface area contributed by atoms with Crippen molar-refractivity contribution in [2.24, 2.45) is 5.92 Å². The van der Waals surface area contributed by atoms with Crippen LogP contribution in [0.4, 0.5) is 5.82 Å². The number of amides is 2. The quantitative estimate of drug-likeness (QED) is 0.837. The van der Waals surface area contributed by atoms with Crippen LogP contribution in [-0.2, 0) is 9.59 Å². The first-order valence-corrected chi connectivity index (χ1v) is 10.3. The van der Waals surface area contributed by atoms with E-state index in [1.54, 1.807) is 0 Å². The number of aromatic nitrogens is 2. The van der Waals surface area contributed by atoms with Gasteiger partial charge in [0, 0.05) is 29.6 Å². The van der Waals surface area contributed by atoms with E-state index in [4.69, 9.17) is 5.26 Å². The number of nitrogens with one attached hydrogen (secondary N) is 2. The number of aromatic amines is 1. The predicted octanol–water partition coefficient (Wildman–Crippen LogP) is 3.36. The maximum Gasteiger partial charge on any atom is 0.237 e. The molecule has 3 heterocycles. The van der Waals surface area contributed by atoms with E-state index in [0.717, 1.165) is 55.1 Å². The van der Waals surface area contributed by atoms with Crippen molar-refractivity contribution in [3.05, 3.63) is 30.0 Å². The Bertz CT molecular complexity index is 1070. The van der Waals surface area contributed by atoms with E-state index >= 15 is 0 Å². The first-order chi connectivity index (χ1) is 14.1. The second-order valence-electron chi connectivity index (χ2n) is 8.38. The number of H-pyrrole nitrogens is 1. The molecule has 0 aromatic carbocycles. The van der Waals surface area contributed by atoms with Crippen LogP contribution in [0.5, 0.6) is 0 Å². The first-order valence-electron chi connectivity index (χ1n) is 10.3. The average Bonchev–Trinajstić information content (AvgIpc) is 3.44.